The molecule has 29 heavy (non-hydrogen) atoms. The zero-order valence-corrected chi connectivity index (χ0v) is 17.0. The van der Waals surface area contributed by atoms with Crippen LogP contribution in [0.4, 0.5) is 10.1 Å². The topological polar surface area (TPSA) is 52.7 Å². The lowest BCUT2D eigenvalue weighted by Crippen LogP contribution is -2.45. The van der Waals surface area contributed by atoms with Crippen molar-refractivity contribution in [2.24, 2.45) is 0 Å². The largest absolute Gasteiger partial charge is 0.371 e. The van der Waals surface area contributed by atoms with Gasteiger partial charge in [0.15, 0.2) is 0 Å². The smallest absolute Gasteiger partial charge is 0.255 e. The molecule has 1 fully saturated rings. The molecule has 0 bridgehead atoms. The molecule has 0 spiro atoms. The Morgan fingerprint density at radius 2 is 1.59 bits per heavy atom. The summed E-state index contributed by atoms with van der Waals surface area (Å²) in [5.41, 5.74) is 1.72. The molecule has 154 valence electrons. The number of anilines is 1. The average Bonchev–Trinajstić information content (AvgIpc) is 2.75. The fourth-order valence-corrected chi connectivity index (χ4v) is 3.78. The first-order valence-corrected chi connectivity index (χ1v) is 10.2. The van der Waals surface area contributed by atoms with E-state index < -0.39 is 5.82 Å². The number of hydrogen-bond donors (Lipinski definition) is 1. The number of amides is 2. The van der Waals surface area contributed by atoms with E-state index in [2.05, 4.69) is 10.2 Å². The van der Waals surface area contributed by atoms with Crippen molar-refractivity contribution in [3.05, 3.63) is 65.5 Å². The molecule has 6 heteroatoms. The normalized spacial score (nSPS) is 14.5. The van der Waals surface area contributed by atoms with Crippen molar-refractivity contribution < 1.29 is 14.0 Å². The van der Waals surface area contributed by atoms with E-state index in [1.807, 2.05) is 43.0 Å². The molecule has 1 saturated heterocycles. The maximum Gasteiger partial charge on any atom is 0.255 e. The molecular formula is C23H28FN3O2. The zero-order valence-electron chi connectivity index (χ0n) is 17.0. The molecule has 5 nitrogen and oxygen atoms in total. The Bertz CT molecular complexity index is 859. The molecule has 0 unspecified atom stereocenters. The van der Waals surface area contributed by atoms with Crippen LogP contribution in [-0.2, 0) is 0 Å². The van der Waals surface area contributed by atoms with Crippen LogP contribution in [0.5, 0.6) is 0 Å². The lowest BCUT2D eigenvalue weighted by molar-refractivity contribution is 0.0773. The number of carbonyl (C=O) groups is 2. The fraction of sp³-hybridized carbons (Fsp3) is 0.391. The van der Waals surface area contributed by atoms with Gasteiger partial charge in [0.1, 0.15) is 5.82 Å². The van der Waals surface area contributed by atoms with Crippen molar-refractivity contribution in [3.8, 4) is 0 Å². The zero-order chi connectivity index (χ0) is 20.8. The van der Waals surface area contributed by atoms with Crippen LogP contribution < -0.4 is 10.2 Å². The minimum absolute atomic E-state index is 0.0102. The van der Waals surface area contributed by atoms with Gasteiger partial charge in [-0.25, -0.2) is 4.39 Å². The van der Waals surface area contributed by atoms with Crippen molar-refractivity contribution >= 4 is 17.5 Å². The van der Waals surface area contributed by atoms with Crippen LogP contribution >= 0.6 is 0 Å². The van der Waals surface area contributed by atoms with E-state index in [9.17, 15) is 14.0 Å². The summed E-state index contributed by atoms with van der Waals surface area (Å²) in [5, 5.41) is 2.94. The highest BCUT2D eigenvalue weighted by Gasteiger charge is 2.25. The summed E-state index contributed by atoms with van der Waals surface area (Å²) in [7, 11) is 0. The fourth-order valence-electron chi connectivity index (χ4n) is 3.78. The first kappa shape index (κ1) is 20.8. The van der Waals surface area contributed by atoms with E-state index in [1.165, 1.54) is 12.1 Å². The van der Waals surface area contributed by atoms with Gasteiger partial charge in [-0.05, 0) is 51.0 Å². The number of carbonyl (C=O) groups excluding carboxylic acids is 2. The van der Waals surface area contributed by atoms with Crippen molar-refractivity contribution in [1.82, 2.24) is 10.2 Å². The number of nitrogens with zero attached hydrogens (tertiary/aromatic N) is 2. The van der Waals surface area contributed by atoms with E-state index in [0.717, 1.165) is 31.6 Å². The third kappa shape index (κ3) is 4.75. The summed E-state index contributed by atoms with van der Waals surface area (Å²) in [6.45, 7) is 6.76. The number of benzene rings is 2. The highest BCUT2D eigenvalue weighted by Crippen LogP contribution is 2.25. The standard InChI is InChI=1S/C23H28FN3O2/c1-3-26(4-2)23(29)19-10-6-8-12-21(19)27-15-13-17(14-16-27)25-22(28)18-9-5-7-11-20(18)24/h5-12,17H,3-4,13-16H2,1-2H3,(H,25,28). The highest BCUT2D eigenvalue weighted by atomic mass is 19.1. The second-order valence-electron chi connectivity index (χ2n) is 7.21. The van der Waals surface area contributed by atoms with Gasteiger partial charge in [0.25, 0.3) is 11.8 Å². The van der Waals surface area contributed by atoms with Gasteiger partial charge in [-0.15, -0.1) is 0 Å². The summed E-state index contributed by atoms with van der Waals surface area (Å²) < 4.78 is 13.8. The van der Waals surface area contributed by atoms with Gasteiger partial charge in [0.2, 0.25) is 0 Å². The van der Waals surface area contributed by atoms with Crippen LogP contribution in [0.3, 0.4) is 0 Å². The maximum atomic E-state index is 13.8. The molecular weight excluding hydrogens is 369 g/mol. The minimum Gasteiger partial charge on any atom is -0.371 e. The van der Waals surface area contributed by atoms with Crippen LogP contribution in [0.2, 0.25) is 0 Å². The average molecular weight is 397 g/mol. The Labute approximate surface area is 171 Å². The van der Waals surface area contributed by atoms with E-state index in [4.69, 9.17) is 0 Å². The maximum absolute atomic E-state index is 13.8. The Morgan fingerprint density at radius 3 is 2.21 bits per heavy atom. The number of nitrogens with one attached hydrogen (secondary N) is 1. The lowest BCUT2D eigenvalue weighted by atomic mass is 10.0. The number of hydrogen-bond acceptors (Lipinski definition) is 3. The van der Waals surface area contributed by atoms with Gasteiger partial charge in [0, 0.05) is 37.9 Å². The van der Waals surface area contributed by atoms with E-state index in [1.54, 1.807) is 12.1 Å². The molecule has 0 radical (unpaired) electrons. The monoisotopic (exact) mass is 397 g/mol. The predicted octanol–water partition coefficient (Wildman–Crippen LogP) is 3.71. The van der Waals surface area contributed by atoms with E-state index >= 15 is 0 Å². The number of halogens is 1. The molecule has 1 aliphatic rings. The van der Waals surface area contributed by atoms with Crippen molar-refractivity contribution in [2.75, 3.05) is 31.1 Å². The van der Waals surface area contributed by atoms with Gasteiger partial charge in [-0.2, -0.15) is 0 Å². The van der Waals surface area contributed by atoms with Crippen LogP contribution in [0.1, 0.15) is 47.4 Å². The molecule has 0 saturated carbocycles. The Morgan fingerprint density at radius 1 is 1.00 bits per heavy atom. The minimum atomic E-state index is -0.508. The van der Waals surface area contributed by atoms with Crippen molar-refractivity contribution in [1.29, 1.82) is 0 Å². The first-order chi connectivity index (χ1) is 14.0. The summed E-state index contributed by atoms with van der Waals surface area (Å²) in [4.78, 5) is 29.2. The molecule has 0 aromatic heterocycles. The quantitative estimate of drug-likeness (QED) is 0.809. The summed E-state index contributed by atoms with van der Waals surface area (Å²) in [6, 6.07) is 13.7. The summed E-state index contributed by atoms with van der Waals surface area (Å²) >= 11 is 0. The molecule has 0 aliphatic carbocycles. The molecule has 2 aromatic rings. The number of piperidine rings is 1. The predicted molar refractivity (Wildman–Crippen MR) is 113 cm³/mol. The lowest BCUT2D eigenvalue weighted by Gasteiger charge is -2.35. The summed E-state index contributed by atoms with van der Waals surface area (Å²) in [5.74, 6) is -0.842. The molecule has 3 rings (SSSR count). The van der Waals surface area contributed by atoms with E-state index in [0.29, 0.717) is 18.7 Å². The van der Waals surface area contributed by atoms with Crippen LogP contribution in [0.15, 0.2) is 48.5 Å². The molecule has 2 amide bonds. The molecule has 0 atom stereocenters. The van der Waals surface area contributed by atoms with Gasteiger partial charge < -0.3 is 15.1 Å². The Balaban J connectivity index is 1.65. The number of para-hydroxylation sites is 1. The molecule has 2 aromatic carbocycles. The Hall–Kier alpha value is -2.89. The second-order valence-corrected chi connectivity index (χ2v) is 7.21. The third-order valence-corrected chi connectivity index (χ3v) is 5.47. The van der Waals surface area contributed by atoms with Crippen LogP contribution in [0.25, 0.3) is 0 Å². The first-order valence-electron chi connectivity index (χ1n) is 10.2. The van der Waals surface area contributed by atoms with Gasteiger partial charge >= 0.3 is 0 Å². The van der Waals surface area contributed by atoms with Crippen molar-refractivity contribution in [3.63, 3.8) is 0 Å². The van der Waals surface area contributed by atoms with Gasteiger partial charge in [0.05, 0.1) is 11.1 Å². The SMILES string of the molecule is CCN(CC)C(=O)c1ccccc1N1CCC(NC(=O)c2ccccc2F)CC1. The van der Waals surface area contributed by atoms with Gasteiger partial charge in [-0.3, -0.25) is 9.59 Å². The van der Waals surface area contributed by atoms with Gasteiger partial charge in [-0.1, -0.05) is 24.3 Å². The van der Waals surface area contributed by atoms with Crippen molar-refractivity contribution in [2.45, 2.75) is 32.7 Å². The second kappa shape index (κ2) is 9.54. The molecule has 1 aliphatic heterocycles. The van der Waals surface area contributed by atoms with Crippen LogP contribution in [0, 0.1) is 5.82 Å². The third-order valence-electron chi connectivity index (χ3n) is 5.47. The highest BCUT2D eigenvalue weighted by molar-refractivity contribution is 6.00. The molecule has 1 N–H and O–H groups in total. The Kier molecular flexibility index (Phi) is 6.86. The summed E-state index contributed by atoms with van der Waals surface area (Å²) in [6.07, 6.45) is 1.49. The van der Waals surface area contributed by atoms with E-state index in [-0.39, 0.29) is 23.4 Å². The molecule has 1 heterocycles. The van der Waals surface area contributed by atoms with Crippen LogP contribution in [-0.4, -0.2) is 48.9 Å². The number of rotatable bonds is 6.